The van der Waals surface area contributed by atoms with Crippen molar-refractivity contribution in [1.29, 1.82) is 0 Å². The Morgan fingerprint density at radius 2 is 0.364 bits per heavy atom. The van der Waals surface area contributed by atoms with Crippen LogP contribution >= 0.6 is 0 Å². The molecule has 0 aromatic carbocycles. The molecule has 0 atom stereocenters. The van der Waals surface area contributed by atoms with E-state index in [9.17, 15) is 52.7 Å². The quantitative estimate of drug-likeness (QED) is 0.183. The molecule has 12 nitrogen and oxygen atoms in total. The zero-order valence-electron chi connectivity index (χ0n) is 13.5. The molecule has 0 fully saturated rings. The molecule has 33 heavy (non-hydrogen) atoms. The van der Waals surface area contributed by atoms with Gasteiger partial charge in [-0.05, 0) is 0 Å². The van der Waals surface area contributed by atoms with E-state index >= 15 is 0 Å². The molecule has 0 spiro atoms. The minimum Gasteiger partial charge on any atom is -0.741 e. The average Bonchev–Trinajstić information content (AvgIpc) is 2.30. The van der Waals surface area contributed by atoms with Crippen LogP contribution in [0.2, 0.25) is 0 Å². The van der Waals surface area contributed by atoms with E-state index in [1.807, 2.05) is 0 Å². The van der Waals surface area contributed by atoms with Gasteiger partial charge in [0.25, 0.3) is 0 Å². The Balaban J connectivity index is -0.000000105. The summed E-state index contributed by atoms with van der Waals surface area (Å²) in [6.45, 7) is 0. The molecule has 206 valence electrons. The van der Waals surface area contributed by atoms with E-state index in [2.05, 4.69) is 0 Å². The summed E-state index contributed by atoms with van der Waals surface area (Å²) in [5.74, 6) is 0. The van der Waals surface area contributed by atoms with Gasteiger partial charge in [0.1, 0.15) is 0 Å². The normalized spacial score (nSPS) is 13.6. The summed E-state index contributed by atoms with van der Waals surface area (Å²) < 4.78 is 236. The molecule has 0 N–H and O–H groups in total. The van der Waals surface area contributed by atoms with Crippen LogP contribution in [0.4, 0.5) is 52.7 Å². The first-order valence-electron chi connectivity index (χ1n) is 5.08. The van der Waals surface area contributed by atoms with Crippen molar-refractivity contribution in [1.82, 2.24) is 0 Å². The number of hydrogen-bond donors (Lipinski definition) is 0. The fourth-order valence-electron chi connectivity index (χ4n) is 0. The monoisotopic (exact) mass is 780 g/mol. The number of halogens is 12. The Morgan fingerprint density at radius 1 is 0.333 bits per heavy atom. The first-order valence-corrected chi connectivity index (χ1v) is 10.7. The van der Waals surface area contributed by atoms with Gasteiger partial charge in [0.15, 0.2) is 40.5 Å². The zero-order valence-corrected chi connectivity index (χ0v) is 19.7. The zero-order chi connectivity index (χ0) is 28.0. The van der Waals surface area contributed by atoms with Gasteiger partial charge in [-0.3, -0.25) is 0 Å². The minimum atomic E-state index is -6.09. The molecule has 0 rings (SSSR count). The van der Waals surface area contributed by atoms with Gasteiger partial charge in [-0.1, -0.05) is 0 Å². The van der Waals surface area contributed by atoms with Gasteiger partial charge in [-0.15, -0.1) is 0 Å². The van der Waals surface area contributed by atoms with Crippen molar-refractivity contribution in [2.75, 3.05) is 0 Å². The number of rotatable bonds is 0. The maximum Gasteiger partial charge on any atom is 0.485 e. The molecule has 0 aliphatic heterocycles. The summed E-state index contributed by atoms with van der Waals surface area (Å²) in [5, 5.41) is 0. The molecule has 0 bridgehead atoms. The average molecular weight is 780 g/mol. The largest absolute Gasteiger partial charge is 0.741 e. The van der Waals surface area contributed by atoms with Gasteiger partial charge < -0.3 is 18.2 Å². The van der Waals surface area contributed by atoms with E-state index in [4.69, 9.17) is 51.9 Å². The van der Waals surface area contributed by atoms with Crippen molar-refractivity contribution < 1.29 is 126 Å². The van der Waals surface area contributed by atoms with Gasteiger partial charge in [0.05, 0.1) is 0 Å². The van der Waals surface area contributed by atoms with Crippen molar-refractivity contribution in [3.05, 3.63) is 0 Å². The van der Waals surface area contributed by atoms with E-state index in [0.29, 0.717) is 0 Å². The predicted molar refractivity (Wildman–Crippen MR) is 63.0 cm³/mol. The Morgan fingerprint density at radius 3 is 0.364 bits per heavy atom. The van der Waals surface area contributed by atoms with Gasteiger partial charge in [0, 0.05) is 21.1 Å². The SMILES string of the molecule is O=S(=O)([O-])C(F)(F)F.O=S(=O)([O-])C(F)(F)F.O=S(=O)([O-])C(F)(F)F.O=S(=O)([O-])C(F)(F)F.[W]. The third kappa shape index (κ3) is 21.7. The summed E-state index contributed by atoms with van der Waals surface area (Å²) in [7, 11) is -24.4. The molecule has 29 heteroatoms. The third-order valence-electron chi connectivity index (χ3n) is 1.13. The molecular formula is C4F12O12S4W-4. The van der Waals surface area contributed by atoms with Crippen molar-refractivity contribution in [3.63, 3.8) is 0 Å². The van der Waals surface area contributed by atoms with Gasteiger partial charge in [-0.25, -0.2) is 33.7 Å². The number of alkyl halides is 12. The molecular weight excluding hydrogens is 780 g/mol. The second-order valence-corrected chi connectivity index (χ2v) is 9.08. The molecule has 0 radical (unpaired) electrons. The van der Waals surface area contributed by atoms with Crippen LogP contribution in [0.3, 0.4) is 0 Å². The second kappa shape index (κ2) is 13.0. The molecule has 0 amide bonds. The first kappa shape index (κ1) is 42.6. The van der Waals surface area contributed by atoms with Crippen LogP contribution in [0.15, 0.2) is 0 Å². The van der Waals surface area contributed by atoms with Crippen LogP contribution in [-0.2, 0) is 61.5 Å². The maximum atomic E-state index is 10.7. The Labute approximate surface area is 188 Å². The first-order chi connectivity index (χ1) is 13.0. The maximum absolute atomic E-state index is 10.7. The predicted octanol–water partition coefficient (Wildman–Crippen LogP) is 0.203. The topological polar surface area (TPSA) is 229 Å². The summed E-state index contributed by atoms with van der Waals surface area (Å²) in [6, 6.07) is 0. The summed E-state index contributed by atoms with van der Waals surface area (Å²) in [5.41, 5.74) is -22.6. The van der Waals surface area contributed by atoms with Crippen LogP contribution in [0.1, 0.15) is 0 Å². The van der Waals surface area contributed by atoms with E-state index in [0.717, 1.165) is 0 Å². The summed E-state index contributed by atoms with van der Waals surface area (Å²) >= 11 is 0. The summed E-state index contributed by atoms with van der Waals surface area (Å²) in [4.78, 5) is 0. The number of hydrogen-bond acceptors (Lipinski definition) is 12. The van der Waals surface area contributed by atoms with Crippen molar-refractivity contribution in [2.24, 2.45) is 0 Å². The van der Waals surface area contributed by atoms with E-state index < -0.39 is 62.5 Å². The Kier molecular flexibility index (Phi) is 16.8. The van der Waals surface area contributed by atoms with Crippen LogP contribution in [0.25, 0.3) is 0 Å². The minimum absolute atomic E-state index is 0. The van der Waals surface area contributed by atoms with Gasteiger partial charge >= 0.3 is 22.0 Å². The van der Waals surface area contributed by atoms with Gasteiger partial charge in [-0.2, -0.15) is 52.7 Å². The van der Waals surface area contributed by atoms with Crippen LogP contribution in [-0.4, -0.2) is 73.9 Å². The van der Waals surface area contributed by atoms with Crippen LogP contribution in [0, 0.1) is 0 Å². The van der Waals surface area contributed by atoms with Gasteiger partial charge in [0.2, 0.25) is 0 Å². The molecule has 0 aliphatic carbocycles. The Hall–Kier alpha value is -0.512. The molecule has 0 aromatic rings. The van der Waals surface area contributed by atoms with E-state index in [1.54, 1.807) is 0 Å². The second-order valence-electron chi connectivity index (χ2n) is 3.60. The van der Waals surface area contributed by atoms with Crippen molar-refractivity contribution >= 4 is 40.5 Å². The molecule has 0 aliphatic rings. The van der Waals surface area contributed by atoms with E-state index in [1.165, 1.54) is 0 Å². The summed E-state index contributed by atoms with van der Waals surface area (Å²) in [6.07, 6.45) is 0. The van der Waals surface area contributed by atoms with E-state index in [-0.39, 0.29) is 21.1 Å². The molecule has 0 saturated heterocycles. The van der Waals surface area contributed by atoms with Crippen LogP contribution in [0.5, 0.6) is 0 Å². The fourth-order valence-corrected chi connectivity index (χ4v) is 0. The molecule has 0 aromatic heterocycles. The van der Waals surface area contributed by atoms with Crippen molar-refractivity contribution in [3.8, 4) is 0 Å². The smallest absolute Gasteiger partial charge is 0.485 e. The third-order valence-corrected chi connectivity index (χ3v) is 3.40. The molecule has 0 heterocycles. The van der Waals surface area contributed by atoms with Crippen molar-refractivity contribution in [2.45, 2.75) is 22.0 Å². The Bertz CT molecular complexity index is 828. The molecule has 0 unspecified atom stereocenters. The van der Waals surface area contributed by atoms with Crippen LogP contribution < -0.4 is 0 Å². The molecule has 0 saturated carbocycles. The fraction of sp³-hybridized carbons (Fsp3) is 1.00. The standard InChI is InChI=1S/4CHF3O3S.W/c4*2-1(3,4)8(5,6)7;/h4*(H,5,6,7);/p-4.